The lowest BCUT2D eigenvalue weighted by molar-refractivity contribution is -0.116. The van der Waals surface area contributed by atoms with Crippen molar-refractivity contribution in [2.75, 3.05) is 11.9 Å². The Hall–Kier alpha value is -0.620. The monoisotopic (exact) mass is 360 g/mol. The molecule has 0 aliphatic carbocycles. The quantitative estimate of drug-likeness (QED) is 0.809. The number of halogens is 1. The summed E-state index contributed by atoms with van der Waals surface area (Å²) in [5.41, 5.74) is 2.08. The van der Waals surface area contributed by atoms with E-state index in [-0.39, 0.29) is 11.4 Å². The van der Waals surface area contributed by atoms with Crippen LogP contribution in [0.3, 0.4) is 0 Å². The molecular formula is C14H21IN2O. The number of carbonyl (C=O) groups excluding carboxylic acids is 1. The predicted molar refractivity (Wildman–Crippen MR) is 84.9 cm³/mol. The van der Waals surface area contributed by atoms with Gasteiger partial charge in [0.1, 0.15) is 0 Å². The van der Waals surface area contributed by atoms with E-state index >= 15 is 0 Å². The lowest BCUT2D eigenvalue weighted by Gasteiger charge is -2.20. The molecule has 3 nitrogen and oxygen atoms in total. The average molecular weight is 360 g/mol. The molecule has 0 saturated carbocycles. The number of carbonyl (C=O) groups is 1. The minimum atomic E-state index is 0.0526. The minimum absolute atomic E-state index is 0.0526. The SMILES string of the molecule is Cc1c(I)cccc1NC(=O)CCNC(C)(C)C. The van der Waals surface area contributed by atoms with Crippen LogP contribution in [0.1, 0.15) is 32.8 Å². The molecule has 1 rings (SSSR count). The first kappa shape index (κ1) is 15.4. The van der Waals surface area contributed by atoms with Crippen molar-refractivity contribution in [1.29, 1.82) is 0 Å². The Morgan fingerprint density at radius 1 is 1.33 bits per heavy atom. The van der Waals surface area contributed by atoms with Gasteiger partial charge in [0.2, 0.25) is 5.91 Å². The molecule has 1 aromatic carbocycles. The van der Waals surface area contributed by atoms with Crippen LogP contribution >= 0.6 is 22.6 Å². The number of rotatable bonds is 4. The molecule has 1 amide bonds. The largest absolute Gasteiger partial charge is 0.326 e. The second-order valence-corrected chi connectivity index (χ2v) is 6.55. The molecule has 1 aromatic rings. The van der Waals surface area contributed by atoms with E-state index in [4.69, 9.17) is 0 Å². The maximum absolute atomic E-state index is 11.8. The topological polar surface area (TPSA) is 41.1 Å². The summed E-state index contributed by atoms with van der Waals surface area (Å²) in [5, 5.41) is 6.26. The van der Waals surface area contributed by atoms with Crippen molar-refractivity contribution in [1.82, 2.24) is 5.32 Å². The van der Waals surface area contributed by atoms with Gasteiger partial charge in [-0.25, -0.2) is 0 Å². The first-order valence-corrected chi connectivity index (χ1v) is 7.17. The average Bonchev–Trinajstić information content (AvgIpc) is 2.23. The predicted octanol–water partition coefficient (Wildman–Crippen LogP) is 3.32. The van der Waals surface area contributed by atoms with Gasteiger partial charge in [-0.05, 0) is 68.0 Å². The lowest BCUT2D eigenvalue weighted by atomic mass is 10.1. The molecule has 0 fully saturated rings. The molecular weight excluding hydrogens is 339 g/mol. The van der Waals surface area contributed by atoms with E-state index < -0.39 is 0 Å². The van der Waals surface area contributed by atoms with Crippen molar-refractivity contribution >= 4 is 34.2 Å². The summed E-state index contributed by atoms with van der Waals surface area (Å²) in [5.74, 6) is 0.0526. The fourth-order valence-corrected chi connectivity index (χ4v) is 2.00. The van der Waals surface area contributed by atoms with Gasteiger partial charge in [-0.15, -0.1) is 0 Å². The zero-order chi connectivity index (χ0) is 13.8. The standard InChI is InChI=1S/C14H21IN2O/c1-10-11(15)6-5-7-12(10)17-13(18)8-9-16-14(2,3)4/h5-7,16H,8-9H2,1-4H3,(H,17,18). The van der Waals surface area contributed by atoms with Crippen molar-refractivity contribution < 1.29 is 4.79 Å². The van der Waals surface area contributed by atoms with Crippen molar-refractivity contribution in [2.45, 2.75) is 39.7 Å². The lowest BCUT2D eigenvalue weighted by Crippen LogP contribution is -2.37. The van der Waals surface area contributed by atoms with Crippen LogP contribution in [0.5, 0.6) is 0 Å². The van der Waals surface area contributed by atoms with E-state index in [0.717, 1.165) is 11.3 Å². The summed E-state index contributed by atoms with van der Waals surface area (Å²) in [6, 6.07) is 5.93. The van der Waals surface area contributed by atoms with Gasteiger partial charge in [0.25, 0.3) is 0 Å². The fraction of sp³-hybridized carbons (Fsp3) is 0.500. The molecule has 0 spiro atoms. The molecule has 4 heteroatoms. The first-order chi connectivity index (χ1) is 8.29. The number of nitrogens with one attached hydrogen (secondary N) is 2. The van der Waals surface area contributed by atoms with E-state index in [1.165, 1.54) is 3.57 Å². The molecule has 0 heterocycles. The zero-order valence-corrected chi connectivity index (χ0v) is 13.6. The summed E-state index contributed by atoms with van der Waals surface area (Å²) in [4.78, 5) is 11.8. The van der Waals surface area contributed by atoms with Gasteiger partial charge in [-0.3, -0.25) is 4.79 Å². The van der Waals surface area contributed by atoms with Gasteiger partial charge in [0.15, 0.2) is 0 Å². The molecule has 0 saturated heterocycles. The van der Waals surface area contributed by atoms with Crippen LogP contribution in [0.15, 0.2) is 18.2 Å². The van der Waals surface area contributed by atoms with Gasteiger partial charge in [-0.1, -0.05) is 6.07 Å². The molecule has 0 atom stereocenters. The zero-order valence-electron chi connectivity index (χ0n) is 11.4. The Balaban J connectivity index is 2.48. The van der Waals surface area contributed by atoms with Crippen LogP contribution in [0.4, 0.5) is 5.69 Å². The normalized spacial score (nSPS) is 11.4. The van der Waals surface area contributed by atoms with Crippen LogP contribution < -0.4 is 10.6 Å². The summed E-state index contributed by atoms with van der Waals surface area (Å²) in [7, 11) is 0. The Bertz CT molecular complexity index is 424. The summed E-state index contributed by atoms with van der Waals surface area (Å²) in [6.45, 7) is 8.99. The van der Waals surface area contributed by atoms with Crippen LogP contribution in [-0.2, 0) is 4.79 Å². The third-order valence-corrected chi connectivity index (χ3v) is 3.72. The fourth-order valence-electron chi connectivity index (χ4n) is 1.51. The van der Waals surface area contributed by atoms with E-state index in [1.54, 1.807) is 0 Å². The van der Waals surface area contributed by atoms with Gasteiger partial charge in [-0.2, -0.15) is 0 Å². The summed E-state index contributed by atoms with van der Waals surface area (Å²) >= 11 is 2.27. The van der Waals surface area contributed by atoms with Gasteiger partial charge >= 0.3 is 0 Å². The van der Waals surface area contributed by atoms with Crippen molar-refractivity contribution in [3.63, 3.8) is 0 Å². The van der Waals surface area contributed by atoms with Crippen LogP contribution in [0.25, 0.3) is 0 Å². The third kappa shape index (κ3) is 5.35. The number of amides is 1. The molecule has 100 valence electrons. The smallest absolute Gasteiger partial charge is 0.225 e. The van der Waals surface area contributed by atoms with Crippen molar-refractivity contribution in [3.8, 4) is 0 Å². The van der Waals surface area contributed by atoms with Gasteiger partial charge in [0.05, 0.1) is 0 Å². The van der Waals surface area contributed by atoms with Crippen molar-refractivity contribution in [3.05, 3.63) is 27.3 Å². The first-order valence-electron chi connectivity index (χ1n) is 6.09. The van der Waals surface area contributed by atoms with E-state index in [2.05, 4.69) is 54.0 Å². The minimum Gasteiger partial charge on any atom is -0.326 e. The van der Waals surface area contributed by atoms with E-state index in [9.17, 15) is 4.79 Å². The van der Waals surface area contributed by atoms with E-state index in [1.807, 2.05) is 25.1 Å². The number of benzene rings is 1. The highest BCUT2D eigenvalue weighted by Crippen LogP contribution is 2.20. The Labute approximate surface area is 123 Å². The molecule has 0 aromatic heterocycles. The Kier molecular flexibility index (Phi) is 5.59. The second-order valence-electron chi connectivity index (χ2n) is 5.39. The maximum atomic E-state index is 11.8. The second kappa shape index (κ2) is 6.52. The number of hydrogen-bond acceptors (Lipinski definition) is 2. The van der Waals surface area contributed by atoms with Gasteiger partial charge < -0.3 is 10.6 Å². The molecule has 18 heavy (non-hydrogen) atoms. The molecule has 0 aliphatic heterocycles. The highest BCUT2D eigenvalue weighted by Gasteiger charge is 2.10. The molecule has 0 aliphatic rings. The summed E-state index contributed by atoms with van der Waals surface area (Å²) in [6.07, 6.45) is 0.488. The van der Waals surface area contributed by atoms with Crippen LogP contribution in [0, 0.1) is 10.5 Å². The van der Waals surface area contributed by atoms with Gasteiger partial charge in [0, 0.05) is 27.8 Å². The number of hydrogen-bond donors (Lipinski definition) is 2. The third-order valence-electron chi connectivity index (χ3n) is 2.55. The summed E-state index contributed by atoms with van der Waals surface area (Å²) < 4.78 is 1.17. The number of anilines is 1. The highest BCUT2D eigenvalue weighted by atomic mass is 127. The molecule has 0 unspecified atom stereocenters. The molecule has 0 radical (unpaired) electrons. The van der Waals surface area contributed by atoms with Crippen LogP contribution in [-0.4, -0.2) is 18.0 Å². The Morgan fingerprint density at radius 3 is 2.61 bits per heavy atom. The van der Waals surface area contributed by atoms with Crippen LogP contribution in [0.2, 0.25) is 0 Å². The Morgan fingerprint density at radius 2 is 2.00 bits per heavy atom. The maximum Gasteiger partial charge on any atom is 0.225 e. The van der Waals surface area contributed by atoms with E-state index in [0.29, 0.717) is 13.0 Å². The molecule has 2 N–H and O–H groups in total. The highest BCUT2D eigenvalue weighted by molar-refractivity contribution is 14.1. The van der Waals surface area contributed by atoms with Crippen molar-refractivity contribution in [2.24, 2.45) is 0 Å². The molecule has 0 bridgehead atoms.